The Morgan fingerprint density at radius 2 is 2.19 bits per heavy atom. The highest BCUT2D eigenvalue weighted by Crippen LogP contribution is 2.27. The van der Waals surface area contributed by atoms with Crippen molar-refractivity contribution < 1.29 is 13.9 Å². The lowest BCUT2D eigenvalue weighted by Crippen LogP contribution is -2.51. The molecule has 1 aromatic carbocycles. The number of ether oxygens (including phenoxy) is 1. The van der Waals surface area contributed by atoms with Crippen molar-refractivity contribution in [2.24, 2.45) is 5.92 Å². The molecular formula is C24H33FN4O2. The molecule has 0 spiro atoms. The molecule has 0 saturated carbocycles. The zero-order valence-electron chi connectivity index (χ0n) is 18.4. The number of aryl methyl sites for hydroxylation is 2. The zero-order valence-corrected chi connectivity index (χ0v) is 18.4. The molecule has 168 valence electrons. The molecule has 2 aliphatic rings. The summed E-state index contributed by atoms with van der Waals surface area (Å²) in [4.78, 5) is 19.6. The fourth-order valence-corrected chi connectivity index (χ4v) is 4.87. The van der Waals surface area contributed by atoms with E-state index in [4.69, 9.17) is 4.74 Å². The molecule has 1 fully saturated rings. The first-order chi connectivity index (χ1) is 15.1. The molecule has 2 aromatic rings. The van der Waals surface area contributed by atoms with Gasteiger partial charge in [-0.1, -0.05) is 13.3 Å². The van der Waals surface area contributed by atoms with Crippen LogP contribution < -0.4 is 10.1 Å². The summed E-state index contributed by atoms with van der Waals surface area (Å²) >= 11 is 0. The van der Waals surface area contributed by atoms with E-state index in [9.17, 15) is 9.18 Å². The fourth-order valence-electron chi connectivity index (χ4n) is 4.87. The van der Waals surface area contributed by atoms with Crippen molar-refractivity contribution >= 4 is 5.91 Å². The van der Waals surface area contributed by atoms with E-state index in [0.717, 1.165) is 76.1 Å². The molecular weight excluding hydrogens is 395 g/mol. The Bertz CT molecular complexity index is 884. The Morgan fingerprint density at radius 3 is 3.06 bits per heavy atom. The zero-order chi connectivity index (χ0) is 21.6. The first-order valence-corrected chi connectivity index (χ1v) is 11.6. The molecule has 0 aliphatic carbocycles. The van der Waals surface area contributed by atoms with Crippen molar-refractivity contribution in [3.05, 3.63) is 47.8 Å². The average molecular weight is 429 g/mol. The maximum absolute atomic E-state index is 13.7. The van der Waals surface area contributed by atoms with E-state index in [2.05, 4.69) is 32.9 Å². The van der Waals surface area contributed by atoms with E-state index in [0.29, 0.717) is 11.7 Å². The number of likely N-dealkylation sites (tertiary alicyclic amines) is 1. The molecule has 0 bridgehead atoms. The van der Waals surface area contributed by atoms with Gasteiger partial charge in [0.05, 0.1) is 6.54 Å². The average Bonchev–Trinajstić information content (AvgIpc) is 3.18. The van der Waals surface area contributed by atoms with Crippen LogP contribution in [-0.4, -0.2) is 46.1 Å². The number of halogens is 1. The Kier molecular flexibility index (Phi) is 7.22. The summed E-state index contributed by atoms with van der Waals surface area (Å²) in [5, 5.41) is 3.20. The van der Waals surface area contributed by atoms with Crippen LogP contribution in [0.15, 0.2) is 30.6 Å². The SMILES string of the molecule is CCCn1ccnc1CN1CC[C@@H]2NC(=O)COc3ccc(F)cc3CCCC[C@@H]2C1. The van der Waals surface area contributed by atoms with E-state index < -0.39 is 0 Å². The summed E-state index contributed by atoms with van der Waals surface area (Å²) in [5.74, 6) is 1.77. The number of imidazole rings is 1. The van der Waals surface area contributed by atoms with Gasteiger partial charge in [0.25, 0.3) is 5.91 Å². The van der Waals surface area contributed by atoms with E-state index in [1.165, 1.54) is 12.1 Å². The lowest BCUT2D eigenvalue weighted by Gasteiger charge is -2.39. The molecule has 1 saturated heterocycles. The number of benzene rings is 1. The molecule has 2 aliphatic heterocycles. The number of nitrogens with zero attached hydrogens (tertiary/aromatic N) is 3. The molecule has 1 aromatic heterocycles. The lowest BCUT2D eigenvalue weighted by molar-refractivity contribution is -0.124. The number of nitrogens with one attached hydrogen (secondary N) is 1. The molecule has 7 heteroatoms. The van der Waals surface area contributed by atoms with Crippen LogP contribution in [0, 0.1) is 11.7 Å². The Morgan fingerprint density at radius 1 is 1.29 bits per heavy atom. The Balaban J connectivity index is 1.41. The number of fused-ring (bicyclic) bond motifs is 2. The molecule has 4 rings (SSSR count). The lowest BCUT2D eigenvalue weighted by atomic mass is 9.87. The van der Waals surface area contributed by atoms with Crippen LogP contribution in [0.4, 0.5) is 4.39 Å². The molecule has 3 heterocycles. The Hall–Kier alpha value is -2.41. The summed E-state index contributed by atoms with van der Waals surface area (Å²) in [7, 11) is 0. The third-order valence-corrected chi connectivity index (χ3v) is 6.45. The quantitative estimate of drug-likeness (QED) is 0.809. The molecule has 1 N–H and O–H groups in total. The van der Waals surface area contributed by atoms with Gasteiger partial charge in [-0.3, -0.25) is 9.69 Å². The predicted molar refractivity (Wildman–Crippen MR) is 117 cm³/mol. The number of aromatic nitrogens is 2. The van der Waals surface area contributed by atoms with Gasteiger partial charge in [0.2, 0.25) is 0 Å². The number of carbonyl (C=O) groups excluding carboxylic acids is 1. The van der Waals surface area contributed by atoms with Crippen LogP contribution in [0.25, 0.3) is 0 Å². The minimum Gasteiger partial charge on any atom is -0.483 e. The normalized spacial score (nSPS) is 23.0. The van der Waals surface area contributed by atoms with Crippen LogP contribution in [0.5, 0.6) is 5.75 Å². The van der Waals surface area contributed by atoms with E-state index in [1.807, 2.05) is 6.20 Å². The van der Waals surface area contributed by atoms with E-state index in [-0.39, 0.29) is 24.4 Å². The highest BCUT2D eigenvalue weighted by molar-refractivity contribution is 5.78. The largest absolute Gasteiger partial charge is 0.483 e. The highest BCUT2D eigenvalue weighted by atomic mass is 19.1. The molecule has 0 radical (unpaired) electrons. The monoisotopic (exact) mass is 428 g/mol. The third kappa shape index (κ3) is 5.64. The summed E-state index contributed by atoms with van der Waals surface area (Å²) in [5.41, 5.74) is 0.845. The molecule has 1 amide bonds. The summed E-state index contributed by atoms with van der Waals surface area (Å²) < 4.78 is 21.7. The van der Waals surface area contributed by atoms with Crippen LogP contribution in [0.2, 0.25) is 0 Å². The van der Waals surface area contributed by atoms with Gasteiger partial charge in [-0.25, -0.2) is 9.37 Å². The molecule has 2 atom stereocenters. The van der Waals surface area contributed by atoms with Gasteiger partial charge in [0, 0.05) is 38.1 Å². The number of hydrogen-bond donors (Lipinski definition) is 1. The van der Waals surface area contributed by atoms with E-state index in [1.54, 1.807) is 6.07 Å². The topological polar surface area (TPSA) is 59.4 Å². The van der Waals surface area contributed by atoms with Crippen LogP contribution in [0.1, 0.15) is 50.4 Å². The van der Waals surface area contributed by atoms with Gasteiger partial charge in [0.15, 0.2) is 6.61 Å². The molecule has 31 heavy (non-hydrogen) atoms. The van der Waals surface area contributed by atoms with Gasteiger partial charge < -0.3 is 14.6 Å². The second-order valence-electron chi connectivity index (χ2n) is 8.78. The maximum Gasteiger partial charge on any atom is 0.258 e. The summed E-state index contributed by atoms with van der Waals surface area (Å²) in [6.45, 7) is 5.89. The minimum atomic E-state index is -0.261. The Labute approximate surface area is 183 Å². The fraction of sp³-hybridized carbons (Fsp3) is 0.583. The number of piperidine rings is 1. The predicted octanol–water partition coefficient (Wildman–Crippen LogP) is 3.54. The second kappa shape index (κ2) is 10.3. The molecule has 6 nitrogen and oxygen atoms in total. The number of carbonyl (C=O) groups is 1. The van der Waals surface area contributed by atoms with Crippen molar-refractivity contribution in [2.75, 3.05) is 19.7 Å². The van der Waals surface area contributed by atoms with Crippen LogP contribution in [0.3, 0.4) is 0 Å². The van der Waals surface area contributed by atoms with Gasteiger partial charge in [-0.15, -0.1) is 0 Å². The van der Waals surface area contributed by atoms with Crippen molar-refractivity contribution in [1.82, 2.24) is 19.8 Å². The van der Waals surface area contributed by atoms with Crippen molar-refractivity contribution in [3.8, 4) is 5.75 Å². The van der Waals surface area contributed by atoms with E-state index >= 15 is 0 Å². The number of rotatable bonds is 4. The van der Waals surface area contributed by atoms with Crippen molar-refractivity contribution in [2.45, 2.75) is 64.6 Å². The summed E-state index contributed by atoms with van der Waals surface area (Å²) in [6.07, 6.45) is 9.82. The van der Waals surface area contributed by atoms with Gasteiger partial charge in [0.1, 0.15) is 17.4 Å². The minimum absolute atomic E-state index is 0.0278. The van der Waals surface area contributed by atoms with Crippen LogP contribution in [-0.2, 0) is 24.3 Å². The first-order valence-electron chi connectivity index (χ1n) is 11.6. The van der Waals surface area contributed by atoms with Crippen molar-refractivity contribution in [3.63, 3.8) is 0 Å². The van der Waals surface area contributed by atoms with Crippen LogP contribution >= 0.6 is 0 Å². The maximum atomic E-state index is 13.7. The third-order valence-electron chi connectivity index (χ3n) is 6.45. The number of amides is 1. The highest BCUT2D eigenvalue weighted by Gasteiger charge is 2.31. The van der Waals surface area contributed by atoms with Gasteiger partial charge in [-0.05, 0) is 61.8 Å². The van der Waals surface area contributed by atoms with Gasteiger partial charge in [-0.2, -0.15) is 0 Å². The second-order valence-corrected chi connectivity index (χ2v) is 8.78. The number of hydrogen-bond acceptors (Lipinski definition) is 4. The molecule has 0 unspecified atom stereocenters. The first kappa shape index (κ1) is 21.8. The standard InChI is InChI=1S/C24H33FN4O2/c1-2-11-29-13-10-26-23(29)16-28-12-9-21-19(15-28)6-4-3-5-18-14-20(25)7-8-22(18)31-17-24(30)27-21/h7-8,10,13-14,19,21H,2-6,9,11-12,15-17H2,1H3,(H,27,30)/t19-,21+/m1/s1. The smallest absolute Gasteiger partial charge is 0.258 e. The van der Waals surface area contributed by atoms with Gasteiger partial charge >= 0.3 is 0 Å². The summed E-state index contributed by atoms with van der Waals surface area (Å²) in [6, 6.07) is 4.73. The van der Waals surface area contributed by atoms with Crippen molar-refractivity contribution in [1.29, 1.82) is 0 Å².